The van der Waals surface area contributed by atoms with Gasteiger partial charge >= 0.3 is 0 Å². The van der Waals surface area contributed by atoms with Crippen LogP contribution < -0.4 is 5.73 Å². The van der Waals surface area contributed by atoms with E-state index < -0.39 is 5.54 Å². The Morgan fingerprint density at radius 3 is 2.59 bits per heavy atom. The SMILES string of the molecule is CCC(C)(N)C(=O)N(C)CCc1ccncc1. The molecule has 0 saturated heterocycles. The van der Waals surface area contributed by atoms with Gasteiger partial charge in [0, 0.05) is 26.0 Å². The lowest BCUT2D eigenvalue weighted by molar-refractivity contribution is -0.135. The number of carbonyl (C=O) groups excluding carboxylic acids is 1. The average Bonchev–Trinajstić information content (AvgIpc) is 2.36. The van der Waals surface area contributed by atoms with Crippen LogP contribution in [0.4, 0.5) is 0 Å². The molecule has 0 fully saturated rings. The molecule has 94 valence electrons. The Morgan fingerprint density at radius 2 is 2.06 bits per heavy atom. The number of amides is 1. The van der Waals surface area contributed by atoms with Gasteiger partial charge in [0.05, 0.1) is 5.54 Å². The van der Waals surface area contributed by atoms with Crippen molar-refractivity contribution in [2.45, 2.75) is 32.2 Å². The maximum atomic E-state index is 12.0. The lowest BCUT2D eigenvalue weighted by Crippen LogP contribution is -2.52. The van der Waals surface area contributed by atoms with Crippen LogP contribution in [0.2, 0.25) is 0 Å². The third-order valence-corrected chi connectivity index (χ3v) is 3.05. The first kappa shape index (κ1) is 13.6. The van der Waals surface area contributed by atoms with E-state index in [0.717, 1.165) is 6.42 Å². The van der Waals surface area contributed by atoms with E-state index in [1.54, 1.807) is 31.3 Å². The quantitative estimate of drug-likeness (QED) is 0.834. The van der Waals surface area contributed by atoms with Crippen molar-refractivity contribution in [2.75, 3.05) is 13.6 Å². The van der Waals surface area contributed by atoms with E-state index in [9.17, 15) is 4.79 Å². The van der Waals surface area contributed by atoms with E-state index in [2.05, 4.69) is 4.98 Å². The number of carbonyl (C=O) groups is 1. The summed E-state index contributed by atoms with van der Waals surface area (Å²) in [5, 5.41) is 0. The molecule has 0 aliphatic rings. The van der Waals surface area contributed by atoms with Crippen LogP contribution in [0.1, 0.15) is 25.8 Å². The molecule has 1 unspecified atom stereocenters. The number of hydrogen-bond acceptors (Lipinski definition) is 3. The first-order chi connectivity index (χ1) is 7.97. The topological polar surface area (TPSA) is 59.2 Å². The normalized spacial score (nSPS) is 14.1. The predicted molar refractivity (Wildman–Crippen MR) is 68.5 cm³/mol. The molecule has 1 aromatic rings. The molecule has 1 atom stereocenters. The first-order valence-electron chi connectivity index (χ1n) is 5.90. The third kappa shape index (κ3) is 3.82. The minimum atomic E-state index is -0.757. The molecule has 0 aromatic carbocycles. The first-order valence-corrected chi connectivity index (χ1v) is 5.90. The van der Waals surface area contributed by atoms with Gasteiger partial charge < -0.3 is 10.6 Å². The van der Waals surface area contributed by atoms with Gasteiger partial charge in [0.15, 0.2) is 0 Å². The number of nitrogens with two attached hydrogens (primary N) is 1. The van der Waals surface area contributed by atoms with Gasteiger partial charge in [-0.25, -0.2) is 0 Å². The number of rotatable bonds is 5. The van der Waals surface area contributed by atoms with Crippen molar-refractivity contribution in [1.82, 2.24) is 9.88 Å². The summed E-state index contributed by atoms with van der Waals surface area (Å²) in [5.74, 6) is -0.00550. The van der Waals surface area contributed by atoms with E-state index in [0.29, 0.717) is 13.0 Å². The lowest BCUT2D eigenvalue weighted by atomic mass is 9.98. The van der Waals surface area contributed by atoms with Gasteiger partial charge in [-0.3, -0.25) is 9.78 Å². The molecule has 1 amide bonds. The van der Waals surface area contributed by atoms with Crippen molar-refractivity contribution in [3.8, 4) is 0 Å². The molecule has 1 rings (SSSR count). The molecule has 0 aliphatic heterocycles. The molecule has 4 nitrogen and oxygen atoms in total. The summed E-state index contributed by atoms with van der Waals surface area (Å²) in [6, 6.07) is 3.92. The molecule has 0 bridgehead atoms. The number of aromatic nitrogens is 1. The van der Waals surface area contributed by atoms with Gasteiger partial charge in [-0.05, 0) is 37.5 Å². The summed E-state index contributed by atoms with van der Waals surface area (Å²) in [5.41, 5.74) is 6.35. The second-order valence-electron chi connectivity index (χ2n) is 4.60. The molecule has 1 heterocycles. The van der Waals surface area contributed by atoms with Gasteiger partial charge in [-0.15, -0.1) is 0 Å². The Kier molecular flexibility index (Phi) is 4.63. The zero-order valence-corrected chi connectivity index (χ0v) is 10.8. The molecular formula is C13H21N3O. The maximum Gasteiger partial charge on any atom is 0.242 e. The maximum absolute atomic E-state index is 12.0. The average molecular weight is 235 g/mol. The number of pyridine rings is 1. The summed E-state index contributed by atoms with van der Waals surface area (Å²) in [6.45, 7) is 4.38. The van der Waals surface area contributed by atoms with Crippen molar-refractivity contribution >= 4 is 5.91 Å². The fourth-order valence-corrected chi connectivity index (χ4v) is 1.54. The van der Waals surface area contributed by atoms with Crippen LogP contribution in [0.5, 0.6) is 0 Å². The summed E-state index contributed by atoms with van der Waals surface area (Å²) in [6.07, 6.45) is 4.99. The van der Waals surface area contributed by atoms with Crippen LogP contribution in [-0.4, -0.2) is 34.9 Å². The highest BCUT2D eigenvalue weighted by Gasteiger charge is 2.28. The Bertz CT molecular complexity index is 362. The van der Waals surface area contributed by atoms with Gasteiger partial charge in [0.1, 0.15) is 0 Å². The number of hydrogen-bond donors (Lipinski definition) is 1. The van der Waals surface area contributed by atoms with Crippen molar-refractivity contribution in [3.63, 3.8) is 0 Å². The minimum Gasteiger partial charge on any atom is -0.344 e. The van der Waals surface area contributed by atoms with E-state index in [1.807, 2.05) is 19.1 Å². The van der Waals surface area contributed by atoms with Gasteiger partial charge in [0.2, 0.25) is 5.91 Å². The predicted octanol–water partition coefficient (Wildman–Crippen LogP) is 1.21. The monoisotopic (exact) mass is 235 g/mol. The zero-order chi connectivity index (χ0) is 12.9. The second kappa shape index (κ2) is 5.77. The summed E-state index contributed by atoms with van der Waals surface area (Å²) in [7, 11) is 1.80. The van der Waals surface area contributed by atoms with Crippen molar-refractivity contribution in [2.24, 2.45) is 5.73 Å². The van der Waals surface area contributed by atoms with Crippen LogP contribution >= 0.6 is 0 Å². The Hall–Kier alpha value is -1.42. The minimum absolute atomic E-state index is 0.00550. The van der Waals surface area contributed by atoms with E-state index in [4.69, 9.17) is 5.73 Å². The molecule has 0 saturated carbocycles. The van der Waals surface area contributed by atoms with E-state index >= 15 is 0 Å². The Morgan fingerprint density at radius 1 is 1.47 bits per heavy atom. The van der Waals surface area contributed by atoms with Crippen LogP contribution in [0.3, 0.4) is 0 Å². The van der Waals surface area contributed by atoms with Crippen LogP contribution in [0.25, 0.3) is 0 Å². The third-order valence-electron chi connectivity index (χ3n) is 3.05. The van der Waals surface area contributed by atoms with Gasteiger partial charge in [-0.1, -0.05) is 6.92 Å². The van der Waals surface area contributed by atoms with Crippen LogP contribution in [0, 0.1) is 0 Å². The lowest BCUT2D eigenvalue weighted by Gasteiger charge is -2.28. The van der Waals surface area contributed by atoms with Crippen molar-refractivity contribution in [1.29, 1.82) is 0 Å². The summed E-state index contributed by atoms with van der Waals surface area (Å²) in [4.78, 5) is 17.7. The van der Waals surface area contributed by atoms with Crippen molar-refractivity contribution in [3.05, 3.63) is 30.1 Å². The molecular weight excluding hydrogens is 214 g/mol. The molecule has 4 heteroatoms. The standard InChI is InChI=1S/C13H21N3O/c1-4-13(2,14)12(17)16(3)10-7-11-5-8-15-9-6-11/h5-6,8-9H,4,7,10,14H2,1-3H3. The molecule has 0 aliphatic carbocycles. The Labute approximate surface area is 103 Å². The van der Waals surface area contributed by atoms with Crippen LogP contribution in [-0.2, 0) is 11.2 Å². The van der Waals surface area contributed by atoms with Gasteiger partial charge in [-0.2, -0.15) is 0 Å². The number of likely N-dealkylation sites (N-methyl/N-ethyl adjacent to an activating group) is 1. The smallest absolute Gasteiger partial charge is 0.242 e. The fourth-order valence-electron chi connectivity index (χ4n) is 1.54. The highest BCUT2D eigenvalue weighted by molar-refractivity contribution is 5.85. The Balaban J connectivity index is 2.50. The highest BCUT2D eigenvalue weighted by Crippen LogP contribution is 2.09. The highest BCUT2D eigenvalue weighted by atomic mass is 16.2. The zero-order valence-electron chi connectivity index (χ0n) is 10.8. The van der Waals surface area contributed by atoms with E-state index in [1.165, 1.54) is 5.56 Å². The molecule has 0 spiro atoms. The fraction of sp³-hybridized carbons (Fsp3) is 0.538. The molecule has 2 N–H and O–H groups in total. The number of nitrogens with zero attached hydrogens (tertiary/aromatic N) is 2. The second-order valence-corrected chi connectivity index (χ2v) is 4.60. The molecule has 1 aromatic heterocycles. The summed E-state index contributed by atoms with van der Waals surface area (Å²) < 4.78 is 0. The molecule has 17 heavy (non-hydrogen) atoms. The van der Waals surface area contributed by atoms with Crippen molar-refractivity contribution < 1.29 is 4.79 Å². The summed E-state index contributed by atoms with van der Waals surface area (Å²) >= 11 is 0. The molecule has 0 radical (unpaired) electrons. The van der Waals surface area contributed by atoms with Gasteiger partial charge in [0.25, 0.3) is 0 Å². The van der Waals surface area contributed by atoms with E-state index in [-0.39, 0.29) is 5.91 Å². The van der Waals surface area contributed by atoms with Crippen LogP contribution in [0.15, 0.2) is 24.5 Å². The largest absolute Gasteiger partial charge is 0.344 e.